The van der Waals surface area contributed by atoms with Crippen molar-refractivity contribution >= 4 is 22.6 Å². The standard InChI is InChI=1S/C9H9IO3/c10-9-2-1-6-7(12)3-5(11)4-8(6)13-9/h3-4,9,11-12H,1-2H2/t9-/m0/s1. The number of aromatic hydroxyl groups is 2. The van der Waals surface area contributed by atoms with Crippen molar-refractivity contribution in [3.05, 3.63) is 17.7 Å². The number of hydrogen-bond donors (Lipinski definition) is 2. The van der Waals surface area contributed by atoms with Gasteiger partial charge in [0.2, 0.25) is 0 Å². The smallest absolute Gasteiger partial charge is 0.149 e. The van der Waals surface area contributed by atoms with E-state index in [1.54, 1.807) is 6.07 Å². The van der Waals surface area contributed by atoms with Crippen LogP contribution in [0.25, 0.3) is 0 Å². The van der Waals surface area contributed by atoms with Crippen molar-refractivity contribution in [3.63, 3.8) is 0 Å². The van der Waals surface area contributed by atoms with Gasteiger partial charge in [-0.3, -0.25) is 0 Å². The number of ether oxygens (including phenoxy) is 1. The number of hydrogen-bond acceptors (Lipinski definition) is 3. The molecule has 1 heterocycles. The van der Waals surface area contributed by atoms with Crippen molar-refractivity contribution in [2.24, 2.45) is 0 Å². The van der Waals surface area contributed by atoms with E-state index in [9.17, 15) is 10.2 Å². The molecule has 13 heavy (non-hydrogen) atoms. The van der Waals surface area contributed by atoms with Gasteiger partial charge in [0.15, 0.2) is 0 Å². The van der Waals surface area contributed by atoms with Crippen LogP contribution in [0, 0.1) is 0 Å². The molecule has 0 radical (unpaired) electrons. The Morgan fingerprint density at radius 3 is 2.92 bits per heavy atom. The minimum Gasteiger partial charge on any atom is -0.508 e. The molecule has 0 aliphatic carbocycles. The zero-order valence-corrected chi connectivity index (χ0v) is 8.98. The van der Waals surface area contributed by atoms with Crippen LogP contribution >= 0.6 is 22.6 Å². The molecule has 1 aromatic carbocycles. The predicted molar refractivity (Wildman–Crippen MR) is 56.5 cm³/mol. The summed E-state index contributed by atoms with van der Waals surface area (Å²) in [4.78, 5) is 0. The molecule has 0 spiro atoms. The van der Waals surface area contributed by atoms with Crippen molar-refractivity contribution in [1.82, 2.24) is 0 Å². The lowest BCUT2D eigenvalue weighted by Crippen LogP contribution is -2.15. The number of benzene rings is 1. The van der Waals surface area contributed by atoms with Crippen molar-refractivity contribution in [1.29, 1.82) is 0 Å². The fourth-order valence-electron chi connectivity index (χ4n) is 1.43. The minimum absolute atomic E-state index is 0.0433. The summed E-state index contributed by atoms with van der Waals surface area (Å²) in [6, 6.07) is 2.88. The van der Waals surface area contributed by atoms with E-state index in [0.717, 1.165) is 18.4 Å². The molecule has 4 heteroatoms. The highest BCUT2D eigenvalue weighted by Gasteiger charge is 2.20. The highest BCUT2D eigenvalue weighted by molar-refractivity contribution is 14.1. The Kier molecular flexibility index (Phi) is 2.23. The first-order chi connectivity index (χ1) is 6.16. The van der Waals surface area contributed by atoms with Crippen LogP contribution in [0.1, 0.15) is 12.0 Å². The van der Waals surface area contributed by atoms with Gasteiger partial charge >= 0.3 is 0 Å². The van der Waals surface area contributed by atoms with E-state index in [4.69, 9.17) is 4.74 Å². The summed E-state index contributed by atoms with van der Waals surface area (Å²) in [6.45, 7) is 0. The molecule has 0 amide bonds. The van der Waals surface area contributed by atoms with E-state index in [2.05, 4.69) is 22.6 Å². The maximum Gasteiger partial charge on any atom is 0.149 e. The van der Waals surface area contributed by atoms with Crippen LogP contribution < -0.4 is 4.74 Å². The summed E-state index contributed by atoms with van der Waals surface area (Å²) in [5.41, 5.74) is 0.797. The van der Waals surface area contributed by atoms with Gasteiger partial charge in [-0.1, -0.05) is 0 Å². The molecule has 70 valence electrons. The second-order valence-electron chi connectivity index (χ2n) is 3.01. The van der Waals surface area contributed by atoms with Gasteiger partial charge in [0.25, 0.3) is 0 Å². The molecule has 2 N–H and O–H groups in total. The summed E-state index contributed by atoms with van der Waals surface area (Å²) in [5, 5.41) is 18.7. The largest absolute Gasteiger partial charge is 0.508 e. The number of fused-ring (bicyclic) bond motifs is 1. The number of rotatable bonds is 0. The third-order valence-corrected chi connectivity index (χ3v) is 2.92. The van der Waals surface area contributed by atoms with Gasteiger partial charge in [0, 0.05) is 17.7 Å². The molecule has 1 aliphatic rings. The third-order valence-electron chi connectivity index (χ3n) is 2.05. The first-order valence-electron chi connectivity index (χ1n) is 4.02. The van der Waals surface area contributed by atoms with Crippen LogP contribution in [0.15, 0.2) is 12.1 Å². The minimum atomic E-state index is 0.0433. The van der Waals surface area contributed by atoms with E-state index in [0.29, 0.717) is 5.75 Å². The molecule has 0 saturated heterocycles. The lowest BCUT2D eigenvalue weighted by molar-refractivity contribution is 0.264. The molecule has 1 aliphatic heterocycles. The molecule has 0 unspecified atom stereocenters. The molecule has 2 rings (SSSR count). The van der Waals surface area contributed by atoms with E-state index in [-0.39, 0.29) is 15.6 Å². The molecule has 1 aromatic rings. The average Bonchev–Trinajstić information content (AvgIpc) is 2.02. The van der Waals surface area contributed by atoms with Gasteiger partial charge in [-0.2, -0.15) is 0 Å². The summed E-state index contributed by atoms with van der Waals surface area (Å²) < 4.78 is 5.59. The van der Waals surface area contributed by atoms with Crippen LogP contribution in [-0.4, -0.2) is 14.3 Å². The van der Waals surface area contributed by atoms with Crippen LogP contribution in [0.2, 0.25) is 0 Å². The van der Waals surface area contributed by atoms with Gasteiger partial charge in [-0.15, -0.1) is 0 Å². The summed E-state index contributed by atoms with van der Waals surface area (Å²) in [5.74, 6) is 0.767. The summed E-state index contributed by atoms with van der Waals surface area (Å²) >= 11 is 2.19. The van der Waals surface area contributed by atoms with Crippen LogP contribution in [0.5, 0.6) is 17.2 Å². The van der Waals surface area contributed by atoms with Crippen LogP contribution in [0.4, 0.5) is 0 Å². The molecular formula is C9H9IO3. The van der Waals surface area contributed by atoms with Crippen molar-refractivity contribution < 1.29 is 14.9 Å². The molecular weight excluding hydrogens is 283 g/mol. The number of alkyl halides is 1. The van der Waals surface area contributed by atoms with Gasteiger partial charge in [-0.25, -0.2) is 0 Å². The topological polar surface area (TPSA) is 49.7 Å². The molecule has 3 nitrogen and oxygen atoms in total. The van der Waals surface area contributed by atoms with Gasteiger partial charge in [0.1, 0.15) is 21.4 Å². The molecule has 0 bridgehead atoms. The molecule has 1 atom stereocenters. The Morgan fingerprint density at radius 1 is 1.38 bits per heavy atom. The zero-order valence-electron chi connectivity index (χ0n) is 6.83. The van der Waals surface area contributed by atoms with E-state index in [1.807, 2.05) is 0 Å². The van der Waals surface area contributed by atoms with Gasteiger partial charge in [-0.05, 0) is 35.4 Å². The molecule has 0 fully saturated rings. The normalized spacial score (nSPS) is 20.5. The van der Waals surface area contributed by atoms with Crippen LogP contribution in [-0.2, 0) is 6.42 Å². The fraction of sp³-hybridized carbons (Fsp3) is 0.333. The highest BCUT2D eigenvalue weighted by atomic mass is 127. The quantitative estimate of drug-likeness (QED) is 0.569. The first-order valence-corrected chi connectivity index (χ1v) is 5.27. The predicted octanol–water partition coefficient (Wildman–Crippen LogP) is 2.18. The van der Waals surface area contributed by atoms with Gasteiger partial charge in [0.05, 0.1) is 0 Å². The maximum absolute atomic E-state index is 9.48. The van der Waals surface area contributed by atoms with Crippen molar-refractivity contribution in [3.8, 4) is 17.2 Å². The second-order valence-corrected chi connectivity index (χ2v) is 4.40. The Balaban J connectivity index is 2.47. The SMILES string of the molecule is Oc1cc(O)c2c(c1)O[C@H](I)CC2. The number of phenolic OH excluding ortho intramolecular Hbond substituents is 2. The second kappa shape index (κ2) is 3.25. The summed E-state index contributed by atoms with van der Waals surface area (Å²) in [6.07, 6.45) is 1.70. The van der Waals surface area contributed by atoms with Crippen LogP contribution in [0.3, 0.4) is 0 Å². The first kappa shape index (κ1) is 8.93. The number of phenols is 2. The van der Waals surface area contributed by atoms with Crippen molar-refractivity contribution in [2.45, 2.75) is 17.0 Å². The third kappa shape index (κ3) is 1.67. The Labute approximate surface area is 89.5 Å². The molecule has 0 saturated carbocycles. The molecule has 0 aromatic heterocycles. The zero-order chi connectivity index (χ0) is 9.42. The van der Waals surface area contributed by atoms with E-state index < -0.39 is 0 Å². The van der Waals surface area contributed by atoms with Crippen molar-refractivity contribution in [2.75, 3.05) is 0 Å². The lowest BCUT2D eigenvalue weighted by Gasteiger charge is -2.22. The van der Waals surface area contributed by atoms with E-state index in [1.165, 1.54) is 6.07 Å². The maximum atomic E-state index is 9.48. The number of halogens is 1. The Morgan fingerprint density at radius 2 is 2.15 bits per heavy atom. The highest BCUT2D eigenvalue weighted by Crippen LogP contribution is 2.38. The Hall–Kier alpha value is -0.650. The fourth-order valence-corrected chi connectivity index (χ4v) is 2.01. The Bertz CT molecular complexity index is 338. The summed E-state index contributed by atoms with van der Waals surface area (Å²) in [7, 11) is 0. The van der Waals surface area contributed by atoms with Gasteiger partial charge < -0.3 is 14.9 Å². The average molecular weight is 292 g/mol. The van der Waals surface area contributed by atoms with E-state index >= 15 is 0 Å². The monoisotopic (exact) mass is 292 g/mol. The lowest BCUT2D eigenvalue weighted by atomic mass is 10.1.